The van der Waals surface area contributed by atoms with Crippen molar-refractivity contribution >= 4 is 73.5 Å². The molecule has 39 heavy (non-hydrogen) atoms. The highest BCUT2D eigenvalue weighted by atomic mass is 79.9. The molecule has 2 aromatic carbocycles. The number of nitrogen functional groups attached to an aromatic ring is 1. The van der Waals surface area contributed by atoms with Gasteiger partial charge >= 0.3 is 46.8 Å². The molecule has 3 N–H and O–H groups in total. The summed E-state index contributed by atoms with van der Waals surface area (Å²) in [7, 11) is -19.0. The Hall–Kier alpha value is -1.82. The van der Waals surface area contributed by atoms with Crippen LogP contribution in [0.25, 0.3) is 0 Å². The predicted octanol–water partition coefficient (Wildman–Crippen LogP) is 6.08. The summed E-state index contributed by atoms with van der Waals surface area (Å²) in [6.45, 7) is 0. The van der Waals surface area contributed by atoms with E-state index in [-0.39, 0.29) is 17.6 Å². The Bertz CT molecular complexity index is 1350. The molecule has 9 nitrogen and oxygen atoms in total. The van der Waals surface area contributed by atoms with E-state index < -0.39 is 46.8 Å². The minimum absolute atomic E-state index is 0. The number of alkyl halides is 9. The van der Waals surface area contributed by atoms with Gasteiger partial charge in [-0.3, -0.25) is 4.72 Å². The fraction of sp³-hybridized carbons (Fsp3) is 0.250. The van der Waals surface area contributed by atoms with Gasteiger partial charge in [0.15, 0.2) is 0 Å². The van der Waals surface area contributed by atoms with Crippen LogP contribution in [0.4, 0.5) is 50.9 Å². The number of sulfonamides is 1. The van der Waals surface area contributed by atoms with Crippen LogP contribution in [-0.2, 0) is 33.9 Å². The molecule has 0 saturated heterocycles. The van der Waals surface area contributed by atoms with Crippen molar-refractivity contribution in [3.63, 3.8) is 0 Å². The normalized spacial score (nSPS) is 12.6. The average Bonchev–Trinajstić information content (AvgIpc) is 2.69. The molecule has 0 spiro atoms. The number of hydrogen-bond donors (Lipinski definition) is 2. The molecule has 0 atom stereocenters. The Morgan fingerprint density at radius 2 is 1.00 bits per heavy atom. The number of halogens is 11. The van der Waals surface area contributed by atoms with Crippen LogP contribution < -0.4 is 10.5 Å². The molecule has 2 rings (SSSR count). The van der Waals surface area contributed by atoms with Gasteiger partial charge in [0, 0.05) is 14.6 Å². The zero-order valence-corrected chi connectivity index (χ0v) is 23.1. The minimum atomic E-state index is -6.85. The van der Waals surface area contributed by atoms with Crippen LogP contribution in [0.1, 0.15) is 7.43 Å². The van der Waals surface area contributed by atoms with Crippen LogP contribution in [0.15, 0.2) is 57.5 Å². The highest BCUT2D eigenvalue weighted by Gasteiger charge is 2.57. The molecule has 0 aromatic heterocycles. The SMILES string of the molecule is C.Nc1ccccc1Br.O=S(=O)(Nc1ccccc1Br)C(F)(F)F.O=S(=O)(OS(=O)(=O)C(F)(F)F)C(F)(F)F. The Balaban J connectivity index is 0. The summed E-state index contributed by atoms with van der Waals surface area (Å²) in [6.07, 6.45) is 0. The van der Waals surface area contributed by atoms with Crippen molar-refractivity contribution < 1.29 is 68.4 Å². The number of hydrogen-bond acceptors (Lipinski definition) is 8. The second-order valence-corrected chi connectivity index (χ2v) is 12.6. The van der Waals surface area contributed by atoms with Gasteiger partial charge in [0.1, 0.15) is 0 Å². The third kappa shape index (κ3) is 12.5. The van der Waals surface area contributed by atoms with Gasteiger partial charge in [-0.2, -0.15) is 64.8 Å². The molecular weight excluding hydrogens is 759 g/mol. The van der Waals surface area contributed by atoms with Crippen molar-refractivity contribution in [2.75, 3.05) is 10.5 Å². The molecule has 23 heteroatoms. The van der Waals surface area contributed by atoms with Crippen LogP contribution in [0.2, 0.25) is 0 Å². The van der Waals surface area contributed by atoms with E-state index in [2.05, 4.69) is 31.9 Å². The lowest BCUT2D eigenvalue weighted by Crippen LogP contribution is -2.34. The summed E-state index contributed by atoms with van der Waals surface area (Å²) in [5, 5.41) is 0. The van der Waals surface area contributed by atoms with Crippen molar-refractivity contribution in [1.82, 2.24) is 0 Å². The van der Waals surface area contributed by atoms with E-state index in [9.17, 15) is 64.8 Å². The Kier molecular flexibility index (Phi) is 14.3. The van der Waals surface area contributed by atoms with Gasteiger partial charge in [0.2, 0.25) is 0 Å². The summed E-state index contributed by atoms with van der Waals surface area (Å²) >= 11 is 6.19. The maximum atomic E-state index is 12.0. The predicted molar refractivity (Wildman–Crippen MR) is 129 cm³/mol. The fourth-order valence-electron chi connectivity index (χ4n) is 1.42. The van der Waals surface area contributed by atoms with E-state index in [1.807, 2.05) is 27.9 Å². The molecule has 0 bridgehead atoms. The molecule has 0 aliphatic rings. The third-order valence-corrected chi connectivity index (χ3v) is 8.15. The number of nitrogens with two attached hydrogens (primary N) is 1. The molecule has 0 amide bonds. The maximum Gasteiger partial charge on any atom is 0.524 e. The number of nitrogens with one attached hydrogen (secondary N) is 1. The molecular formula is C16H15Br2F9N2O7S3. The molecule has 0 aliphatic heterocycles. The molecule has 0 unspecified atom stereocenters. The Morgan fingerprint density at radius 1 is 0.641 bits per heavy atom. The van der Waals surface area contributed by atoms with Crippen molar-refractivity contribution in [2.45, 2.75) is 24.0 Å². The molecule has 0 fully saturated rings. The lowest BCUT2D eigenvalue weighted by Gasteiger charge is -2.11. The smallest absolute Gasteiger partial charge is 0.398 e. The zero-order chi connectivity index (χ0) is 30.4. The van der Waals surface area contributed by atoms with Gasteiger partial charge < -0.3 is 5.73 Å². The van der Waals surface area contributed by atoms with Gasteiger partial charge in [0.25, 0.3) is 0 Å². The van der Waals surface area contributed by atoms with Crippen LogP contribution >= 0.6 is 31.9 Å². The minimum Gasteiger partial charge on any atom is -0.398 e. The standard InChI is InChI=1S/C7H5BrF3NO2S.C6H6BrN.C2F6O5S2.CH4/c8-5-3-1-2-4-6(5)12-15(13,14)7(9,10)11;7-5-3-1-2-4-6(5)8;3-1(4,5)14(9,10)13-15(11,12)2(6,7)8;/h1-4,12H;1-4H,8H2;;1H4. The van der Waals surface area contributed by atoms with E-state index >= 15 is 0 Å². The second-order valence-electron chi connectivity index (χ2n) is 5.92. The van der Waals surface area contributed by atoms with Crippen LogP contribution in [0.5, 0.6) is 0 Å². The Labute approximate surface area is 233 Å². The first-order chi connectivity index (χ1) is 16.8. The van der Waals surface area contributed by atoms with E-state index in [1.165, 1.54) is 22.9 Å². The number of anilines is 2. The van der Waals surface area contributed by atoms with E-state index in [4.69, 9.17) is 5.73 Å². The lowest BCUT2D eigenvalue weighted by molar-refractivity contribution is -0.0586. The zero-order valence-electron chi connectivity index (χ0n) is 17.4. The molecule has 226 valence electrons. The van der Waals surface area contributed by atoms with E-state index in [0.29, 0.717) is 0 Å². The van der Waals surface area contributed by atoms with Crippen LogP contribution in [0, 0.1) is 0 Å². The van der Waals surface area contributed by atoms with Crippen molar-refractivity contribution in [1.29, 1.82) is 0 Å². The summed E-state index contributed by atoms with van der Waals surface area (Å²) < 4.78 is 170. The maximum absolute atomic E-state index is 12.0. The van der Waals surface area contributed by atoms with Gasteiger partial charge in [-0.05, 0) is 56.1 Å². The summed E-state index contributed by atoms with van der Waals surface area (Å²) in [5.41, 5.74) is -11.7. The topological polar surface area (TPSA) is 150 Å². The van der Waals surface area contributed by atoms with E-state index in [1.54, 1.807) is 6.07 Å². The molecule has 0 aliphatic carbocycles. The molecule has 0 saturated carbocycles. The highest BCUT2D eigenvalue weighted by molar-refractivity contribution is 9.11. The first kappa shape index (κ1) is 39.3. The van der Waals surface area contributed by atoms with Gasteiger partial charge in [-0.1, -0.05) is 31.7 Å². The third-order valence-electron chi connectivity index (χ3n) is 3.07. The second kappa shape index (κ2) is 14.2. The lowest BCUT2D eigenvalue weighted by atomic mass is 10.3. The molecule has 2 aromatic rings. The highest BCUT2D eigenvalue weighted by Crippen LogP contribution is 2.32. The number of para-hydroxylation sites is 2. The van der Waals surface area contributed by atoms with Gasteiger partial charge in [0.05, 0.1) is 5.69 Å². The molecule has 0 radical (unpaired) electrons. The van der Waals surface area contributed by atoms with Crippen molar-refractivity contribution in [2.24, 2.45) is 0 Å². The monoisotopic (exact) mass is 772 g/mol. The largest absolute Gasteiger partial charge is 0.524 e. The Morgan fingerprint density at radius 3 is 1.28 bits per heavy atom. The molecule has 0 heterocycles. The van der Waals surface area contributed by atoms with Crippen molar-refractivity contribution in [3.05, 3.63) is 57.5 Å². The first-order valence-electron chi connectivity index (χ1n) is 8.42. The van der Waals surface area contributed by atoms with E-state index in [0.717, 1.165) is 10.2 Å². The number of benzene rings is 2. The fourth-order valence-corrected chi connectivity index (χ4v) is 4.36. The average molecular weight is 774 g/mol. The summed E-state index contributed by atoms with van der Waals surface area (Å²) in [4.78, 5) is 0. The summed E-state index contributed by atoms with van der Waals surface area (Å²) in [6, 6.07) is 13.2. The van der Waals surface area contributed by atoms with Crippen LogP contribution in [0.3, 0.4) is 0 Å². The first-order valence-corrected chi connectivity index (χ1v) is 14.3. The summed E-state index contributed by atoms with van der Waals surface area (Å²) in [5.74, 6) is 0. The van der Waals surface area contributed by atoms with Crippen molar-refractivity contribution in [3.8, 4) is 0 Å². The van der Waals surface area contributed by atoms with Gasteiger partial charge in [-0.15, -0.1) is 3.63 Å². The number of rotatable bonds is 4. The van der Waals surface area contributed by atoms with Gasteiger partial charge in [-0.25, -0.2) is 0 Å². The van der Waals surface area contributed by atoms with Crippen LogP contribution in [-0.4, -0.2) is 41.8 Å². The quantitative estimate of drug-likeness (QED) is 0.216.